The van der Waals surface area contributed by atoms with Crippen LogP contribution in [0.15, 0.2) is 36.2 Å². The molecule has 2 aliphatic carbocycles. The molecule has 176 valence electrons. The number of allylic oxidation sites excluding steroid dienone is 2. The van der Waals surface area contributed by atoms with Crippen molar-refractivity contribution in [1.29, 1.82) is 5.26 Å². The molecule has 0 aliphatic heterocycles. The molecule has 0 bridgehead atoms. The van der Waals surface area contributed by atoms with Gasteiger partial charge in [-0.2, -0.15) is 9.65 Å². The number of rotatable bonds is 11. The third-order valence-corrected chi connectivity index (χ3v) is 8.32. The fourth-order valence-electron chi connectivity index (χ4n) is 6.09. The average Bonchev–Trinajstić information content (AvgIpc) is 2.84. The molecule has 32 heavy (non-hydrogen) atoms. The number of hydrogen-bond acceptors (Lipinski definition) is 1. The fraction of sp³-hybridized carbons (Fsp3) is 0.700. The van der Waals surface area contributed by atoms with Crippen molar-refractivity contribution >= 4 is 0 Å². The molecular weight excluding hydrogens is 393 g/mol. The van der Waals surface area contributed by atoms with Gasteiger partial charge in [0.2, 0.25) is 0 Å². The number of benzene rings is 1. The summed E-state index contributed by atoms with van der Waals surface area (Å²) in [6.07, 6.45) is 22.2. The SMILES string of the molecule is CCCCCc1ccc(C2CCC(CCC3CCC(CCC=C(F)C#N)CC3)CC2)cc1. The van der Waals surface area contributed by atoms with E-state index in [1.165, 1.54) is 102 Å². The molecule has 0 N–H and O–H groups in total. The van der Waals surface area contributed by atoms with Gasteiger partial charge in [0.15, 0.2) is 5.83 Å². The molecule has 0 saturated heterocycles. The Morgan fingerprint density at radius 3 is 2.00 bits per heavy atom. The van der Waals surface area contributed by atoms with Gasteiger partial charge in [0, 0.05) is 0 Å². The Balaban J connectivity index is 1.29. The third-order valence-electron chi connectivity index (χ3n) is 8.32. The van der Waals surface area contributed by atoms with E-state index in [4.69, 9.17) is 5.26 Å². The highest BCUT2D eigenvalue weighted by Crippen LogP contribution is 2.40. The molecule has 2 heteroatoms. The Labute approximate surface area is 196 Å². The lowest BCUT2D eigenvalue weighted by Crippen LogP contribution is -2.17. The van der Waals surface area contributed by atoms with Crippen LogP contribution in [0.25, 0.3) is 0 Å². The number of halogens is 1. The van der Waals surface area contributed by atoms with Crippen LogP contribution in [-0.2, 0) is 6.42 Å². The molecule has 0 aromatic heterocycles. The van der Waals surface area contributed by atoms with Crippen molar-refractivity contribution in [1.82, 2.24) is 0 Å². The van der Waals surface area contributed by atoms with E-state index in [-0.39, 0.29) is 0 Å². The Bertz CT molecular complexity index is 712. The van der Waals surface area contributed by atoms with E-state index in [9.17, 15) is 4.39 Å². The van der Waals surface area contributed by atoms with Crippen LogP contribution in [0.5, 0.6) is 0 Å². The van der Waals surface area contributed by atoms with E-state index in [1.54, 1.807) is 11.6 Å². The standard InChI is InChI=1S/C30H44FN/c1-2-3-4-6-24-15-19-28(20-16-24)29-21-17-27(18-22-29)14-13-26-11-9-25(10-12-26)7-5-8-30(31)23-32/h8,15-16,19-20,25-27,29H,2-7,9-14,17-18,21-22H2,1H3. The number of nitrogens with zero attached hydrogens (tertiary/aromatic N) is 1. The van der Waals surface area contributed by atoms with Crippen LogP contribution in [0.2, 0.25) is 0 Å². The molecule has 1 nitrogen and oxygen atoms in total. The maximum Gasteiger partial charge on any atom is 0.196 e. The lowest BCUT2D eigenvalue weighted by molar-refractivity contribution is 0.225. The van der Waals surface area contributed by atoms with E-state index in [1.807, 2.05) is 0 Å². The van der Waals surface area contributed by atoms with E-state index in [0.29, 0.717) is 0 Å². The van der Waals surface area contributed by atoms with Crippen molar-refractivity contribution in [3.8, 4) is 6.07 Å². The van der Waals surface area contributed by atoms with Crippen LogP contribution in [0.4, 0.5) is 4.39 Å². The first-order valence-electron chi connectivity index (χ1n) is 13.5. The summed E-state index contributed by atoms with van der Waals surface area (Å²) in [7, 11) is 0. The van der Waals surface area contributed by atoms with E-state index in [0.717, 1.165) is 36.5 Å². The summed E-state index contributed by atoms with van der Waals surface area (Å²) in [4.78, 5) is 0. The van der Waals surface area contributed by atoms with Crippen LogP contribution < -0.4 is 0 Å². The summed E-state index contributed by atoms with van der Waals surface area (Å²) in [6.45, 7) is 2.27. The lowest BCUT2D eigenvalue weighted by Gasteiger charge is -2.32. The predicted molar refractivity (Wildman–Crippen MR) is 133 cm³/mol. The minimum atomic E-state index is -0.618. The molecule has 3 rings (SSSR count). The zero-order valence-electron chi connectivity index (χ0n) is 20.3. The molecule has 0 radical (unpaired) electrons. The number of unbranched alkanes of at least 4 members (excludes halogenated alkanes) is 2. The lowest BCUT2D eigenvalue weighted by atomic mass is 9.74. The second-order valence-corrected chi connectivity index (χ2v) is 10.6. The molecular formula is C30H44FN. The number of hydrogen-bond donors (Lipinski definition) is 0. The quantitative estimate of drug-likeness (QED) is 0.250. The minimum absolute atomic E-state index is 0.618. The Kier molecular flexibility index (Phi) is 10.8. The summed E-state index contributed by atoms with van der Waals surface area (Å²) >= 11 is 0. The topological polar surface area (TPSA) is 23.8 Å². The van der Waals surface area contributed by atoms with Gasteiger partial charge in [-0.05, 0) is 92.2 Å². The first-order chi connectivity index (χ1) is 15.7. The highest BCUT2D eigenvalue weighted by Gasteiger charge is 2.25. The molecule has 0 amide bonds. The summed E-state index contributed by atoms with van der Waals surface area (Å²) < 4.78 is 12.9. The van der Waals surface area contributed by atoms with E-state index in [2.05, 4.69) is 31.2 Å². The van der Waals surface area contributed by atoms with Crippen molar-refractivity contribution in [2.24, 2.45) is 17.8 Å². The maximum atomic E-state index is 12.9. The smallest absolute Gasteiger partial charge is 0.195 e. The summed E-state index contributed by atoms with van der Waals surface area (Å²) in [5.41, 5.74) is 3.09. The van der Waals surface area contributed by atoms with Crippen molar-refractivity contribution in [3.63, 3.8) is 0 Å². The summed E-state index contributed by atoms with van der Waals surface area (Å²) in [5, 5.41) is 8.50. The molecule has 0 heterocycles. The van der Waals surface area contributed by atoms with Gasteiger partial charge in [-0.1, -0.05) is 82.6 Å². The van der Waals surface area contributed by atoms with Gasteiger partial charge in [0.1, 0.15) is 6.07 Å². The van der Waals surface area contributed by atoms with Crippen LogP contribution in [0.3, 0.4) is 0 Å². The van der Waals surface area contributed by atoms with E-state index < -0.39 is 5.83 Å². The molecule has 2 aliphatic rings. The van der Waals surface area contributed by atoms with E-state index >= 15 is 0 Å². The summed E-state index contributed by atoms with van der Waals surface area (Å²) in [6, 6.07) is 11.2. The first kappa shape index (κ1) is 25.0. The summed E-state index contributed by atoms with van der Waals surface area (Å²) in [5.74, 6) is 2.76. The van der Waals surface area contributed by atoms with Crippen molar-refractivity contribution < 1.29 is 4.39 Å². The van der Waals surface area contributed by atoms with Crippen LogP contribution in [-0.4, -0.2) is 0 Å². The Hall–Kier alpha value is -1.62. The zero-order valence-corrected chi connectivity index (χ0v) is 20.3. The van der Waals surface area contributed by atoms with Crippen molar-refractivity contribution in [2.45, 2.75) is 116 Å². The largest absolute Gasteiger partial charge is 0.196 e. The van der Waals surface area contributed by atoms with Gasteiger partial charge in [0.25, 0.3) is 0 Å². The molecule has 2 saturated carbocycles. The second kappa shape index (κ2) is 13.8. The maximum absolute atomic E-state index is 12.9. The van der Waals surface area contributed by atoms with Crippen molar-refractivity contribution in [2.75, 3.05) is 0 Å². The zero-order chi connectivity index (χ0) is 22.6. The van der Waals surface area contributed by atoms with Crippen molar-refractivity contribution in [3.05, 3.63) is 47.3 Å². The molecule has 1 aromatic rings. The van der Waals surface area contributed by atoms with Crippen LogP contribution in [0.1, 0.15) is 120 Å². The van der Waals surface area contributed by atoms with Crippen LogP contribution in [0, 0.1) is 29.1 Å². The van der Waals surface area contributed by atoms with Gasteiger partial charge >= 0.3 is 0 Å². The minimum Gasteiger partial charge on any atom is -0.195 e. The third kappa shape index (κ3) is 8.38. The van der Waals surface area contributed by atoms with Gasteiger partial charge in [0.05, 0.1) is 0 Å². The second-order valence-electron chi connectivity index (χ2n) is 10.6. The molecule has 1 aromatic carbocycles. The predicted octanol–water partition coefficient (Wildman–Crippen LogP) is 9.44. The van der Waals surface area contributed by atoms with Crippen LogP contribution >= 0.6 is 0 Å². The Morgan fingerprint density at radius 2 is 1.44 bits per heavy atom. The monoisotopic (exact) mass is 437 g/mol. The highest BCUT2D eigenvalue weighted by molar-refractivity contribution is 5.26. The molecule has 0 unspecified atom stereocenters. The first-order valence-corrected chi connectivity index (χ1v) is 13.5. The number of aryl methyl sites for hydroxylation is 1. The normalized spacial score (nSPS) is 26.6. The van der Waals surface area contributed by atoms with Gasteiger partial charge in [-0.15, -0.1) is 0 Å². The number of nitriles is 1. The average molecular weight is 438 g/mol. The molecule has 0 atom stereocenters. The molecule has 0 spiro atoms. The Morgan fingerprint density at radius 1 is 0.875 bits per heavy atom. The van der Waals surface area contributed by atoms with Gasteiger partial charge in [-0.3, -0.25) is 0 Å². The van der Waals surface area contributed by atoms with Gasteiger partial charge in [-0.25, -0.2) is 0 Å². The highest BCUT2D eigenvalue weighted by atomic mass is 19.1. The molecule has 2 fully saturated rings. The van der Waals surface area contributed by atoms with Gasteiger partial charge < -0.3 is 0 Å². The fourth-order valence-corrected chi connectivity index (χ4v) is 6.09.